The van der Waals surface area contributed by atoms with Crippen molar-refractivity contribution >= 4 is 22.4 Å². The molecule has 2 rings (SSSR count). The molecule has 0 aliphatic carbocycles. The van der Waals surface area contributed by atoms with E-state index in [9.17, 15) is 0 Å². The van der Waals surface area contributed by atoms with Crippen molar-refractivity contribution in [1.82, 2.24) is 0 Å². The van der Waals surface area contributed by atoms with Gasteiger partial charge in [0.15, 0.2) is 0 Å². The van der Waals surface area contributed by atoms with Crippen molar-refractivity contribution in [2.75, 3.05) is 0 Å². The topological polar surface area (TPSA) is 0 Å². The van der Waals surface area contributed by atoms with Crippen molar-refractivity contribution in [3.63, 3.8) is 0 Å². The summed E-state index contributed by atoms with van der Waals surface area (Å²) < 4.78 is 0. The highest BCUT2D eigenvalue weighted by Crippen LogP contribution is 2.27. The maximum atomic E-state index is 6.90. The fraction of sp³-hybridized carbons (Fsp3) is 0.200. The van der Waals surface area contributed by atoms with E-state index >= 15 is 0 Å². The summed E-state index contributed by atoms with van der Waals surface area (Å²) in [6.07, 6.45) is 9.43. The van der Waals surface area contributed by atoms with E-state index in [4.69, 9.17) is 18.0 Å². The zero-order valence-electron chi connectivity index (χ0n) is 8.96. The highest BCUT2D eigenvalue weighted by Gasteiger charge is 2.04. The SMILES string of the molecule is [C]#CCCCc1c(Cl)ccc2ccccc12. The third-order valence-corrected chi connectivity index (χ3v) is 3.07. The molecule has 0 N–H and O–H groups in total. The van der Waals surface area contributed by atoms with E-state index in [1.165, 1.54) is 16.3 Å². The molecule has 0 saturated carbocycles. The van der Waals surface area contributed by atoms with Crippen LogP contribution >= 0.6 is 11.6 Å². The van der Waals surface area contributed by atoms with Gasteiger partial charge in [0.25, 0.3) is 0 Å². The quantitative estimate of drug-likeness (QED) is 0.538. The molecule has 0 aromatic heterocycles. The second-order valence-electron chi connectivity index (χ2n) is 3.78. The Labute approximate surface area is 101 Å². The number of fused-ring (bicyclic) bond motifs is 1. The largest absolute Gasteiger partial charge is 0.0891 e. The number of aryl methyl sites for hydroxylation is 1. The molecule has 0 atom stereocenters. The Morgan fingerprint density at radius 2 is 1.94 bits per heavy atom. The molecule has 0 amide bonds. The predicted octanol–water partition coefficient (Wildman–Crippen LogP) is 4.41. The van der Waals surface area contributed by atoms with Crippen molar-refractivity contribution in [1.29, 1.82) is 0 Å². The minimum Gasteiger partial charge on any atom is -0.0891 e. The Kier molecular flexibility index (Phi) is 3.49. The third-order valence-electron chi connectivity index (χ3n) is 2.71. The van der Waals surface area contributed by atoms with Crippen LogP contribution in [0.1, 0.15) is 18.4 Å². The summed E-state index contributed by atoms with van der Waals surface area (Å²) in [6.45, 7) is 0. The molecule has 0 bridgehead atoms. The molecule has 0 spiro atoms. The second-order valence-corrected chi connectivity index (χ2v) is 4.18. The van der Waals surface area contributed by atoms with Crippen molar-refractivity contribution < 1.29 is 0 Å². The van der Waals surface area contributed by atoms with Crippen molar-refractivity contribution in [2.45, 2.75) is 19.3 Å². The molecule has 1 heteroatoms. The van der Waals surface area contributed by atoms with Gasteiger partial charge in [0, 0.05) is 11.4 Å². The average Bonchev–Trinajstić information content (AvgIpc) is 2.32. The molecule has 79 valence electrons. The molecule has 0 unspecified atom stereocenters. The monoisotopic (exact) mass is 227 g/mol. The fourth-order valence-electron chi connectivity index (χ4n) is 1.92. The van der Waals surface area contributed by atoms with Gasteiger partial charge >= 0.3 is 0 Å². The van der Waals surface area contributed by atoms with Crippen molar-refractivity contribution in [3.8, 4) is 5.92 Å². The van der Waals surface area contributed by atoms with E-state index in [1.807, 2.05) is 24.3 Å². The van der Waals surface area contributed by atoms with Gasteiger partial charge in [-0.3, -0.25) is 0 Å². The highest BCUT2D eigenvalue weighted by molar-refractivity contribution is 6.32. The van der Waals surface area contributed by atoms with Crippen LogP contribution in [0.25, 0.3) is 10.8 Å². The van der Waals surface area contributed by atoms with E-state index in [1.54, 1.807) is 0 Å². The molecule has 0 saturated heterocycles. The van der Waals surface area contributed by atoms with Gasteiger partial charge in [0.05, 0.1) is 0 Å². The number of unbranched alkanes of at least 4 members (excludes halogenated alkanes) is 1. The van der Waals surface area contributed by atoms with E-state index in [0.717, 1.165) is 17.9 Å². The first-order chi connectivity index (χ1) is 7.83. The first kappa shape index (κ1) is 11.0. The summed E-state index contributed by atoms with van der Waals surface area (Å²) in [5.74, 6) is 2.41. The van der Waals surface area contributed by atoms with Crippen LogP contribution in [0.15, 0.2) is 36.4 Å². The first-order valence-corrected chi connectivity index (χ1v) is 5.76. The third kappa shape index (κ3) is 2.21. The van der Waals surface area contributed by atoms with E-state index in [0.29, 0.717) is 6.42 Å². The van der Waals surface area contributed by atoms with Crippen molar-refractivity contribution in [3.05, 3.63) is 53.4 Å². The van der Waals surface area contributed by atoms with Gasteiger partial charge in [-0.05, 0) is 41.7 Å². The smallest absolute Gasteiger partial charge is 0.0444 e. The van der Waals surface area contributed by atoms with Gasteiger partial charge in [-0.25, -0.2) is 0 Å². The molecule has 2 aromatic carbocycles. The van der Waals surface area contributed by atoms with Gasteiger partial charge in [-0.15, -0.1) is 0 Å². The maximum Gasteiger partial charge on any atom is 0.0444 e. The van der Waals surface area contributed by atoms with Crippen LogP contribution in [0, 0.1) is 12.3 Å². The lowest BCUT2D eigenvalue weighted by atomic mass is 10.0. The Morgan fingerprint density at radius 3 is 2.75 bits per heavy atom. The minimum absolute atomic E-state index is 0.694. The number of rotatable bonds is 3. The summed E-state index contributed by atoms with van der Waals surface area (Å²) in [5.41, 5.74) is 1.19. The molecular formula is C15H12Cl. The molecule has 0 aliphatic heterocycles. The predicted molar refractivity (Wildman–Crippen MR) is 69.0 cm³/mol. The van der Waals surface area contributed by atoms with Crippen LogP contribution in [0.4, 0.5) is 0 Å². The Bertz CT molecular complexity index is 535. The summed E-state index contributed by atoms with van der Waals surface area (Å²) in [5, 5.41) is 3.27. The van der Waals surface area contributed by atoms with Crippen LogP contribution in [0.3, 0.4) is 0 Å². The molecule has 1 radical (unpaired) electrons. The lowest BCUT2D eigenvalue weighted by Crippen LogP contribution is -1.89. The second kappa shape index (κ2) is 5.05. The summed E-state index contributed by atoms with van der Waals surface area (Å²) >= 11 is 6.21. The summed E-state index contributed by atoms with van der Waals surface area (Å²) in [4.78, 5) is 0. The molecule has 0 fully saturated rings. The summed E-state index contributed by atoms with van der Waals surface area (Å²) in [7, 11) is 0. The van der Waals surface area contributed by atoms with Gasteiger partial charge in [0.2, 0.25) is 0 Å². The van der Waals surface area contributed by atoms with Crippen LogP contribution in [0.2, 0.25) is 5.02 Å². The molecular weight excluding hydrogens is 216 g/mol. The molecule has 0 heterocycles. The lowest BCUT2D eigenvalue weighted by molar-refractivity contribution is 0.863. The van der Waals surface area contributed by atoms with E-state index in [-0.39, 0.29) is 0 Å². The van der Waals surface area contributed by atoms with Crippen LogP contribution in [0.5, 0.6) is 0 Å². The molecule has 0 nitrogen and oxygen atoms in total. The standard InChI is InChI=1S/C15H12Cl/c1-2-3-4-9-14-13-8-6-5-7-12(13)10-11-15(14)16/h5-8,10-11H,3-4,9H2. The lowest BCUT2D eigenvalue weighted by Gasteiger charge is -2.08. The minimum atomic E-state index is 0.694. The van der Waals surface area contributed by atoms with Crippen LogP contribution in [-0.4, -0.2) is 0 Å². The van der Waals surface area contributed by atoms with Crippen LogP contribution < -0.4 is 0 Å². The van der Waals surface area contributed by atoms with Crippen LogP contribution in [-0.2, 0) is 6.42 Å². The Hall–Kier alpha value is -1.45. The normalized spacial score (nSPS) is 10.2. The maximum absolute atomic E-state index is 6.90. The zero-order chi connectivity index (χ0) is 11.4. The number of halogens is 1. The van der Waals surface area contributed by atoms with E-state index < -0.39 is 0 Å². The Morgan fingerprint density at radius 1 is 1.12 bits per heavy atom. The fourth-order valence-corrected chi connectivity index (χ4v) is 2.18. The first-order valence-electron chi connectivity index (χ1n) is 5.38. The molecule has 16 heavy (non-hydrogen) atoms. The average molecular weight is 228 g/mol. The number of benzene rings is 2. The van der Waals surface area contributed by atoms with Gasteiger partial charge in [-0.2, -0.15) is 0 Å². The number of hydrogen-bond donors (Lipinski definition) is 0. The van der Waals surface area contributed by atoms with Gasteiger partial charge in [0.1, 0.15) is 0 Å². The van der Waals surface area contributed by atoms with Gasteiger partial charge < -0.3 is 0 Å². The van der Waals surface area contributed by atoms with Crippen molar-refractivity contribution in [2.24, 2.45) is 0 Å². The number of hydrogen-bond acceptors (Lipinski definition) is 0. The van der Waals surface area contributed by atoms with Gasteiger partial charge in [-0.1, -0.05) is 47.9 Å². The molecule has 2 aromatic rings. The Balaban J connectivity index is 2.41. The van der Waals surface area contributed by atoms with E-state index in [2.05, 4.69) is 18.1 Å². The highest BCUT2D eigenvalue weighted by atomic mass is 35.5. The summed E-state index contributed by atoms with van der Waals surface area (Å²) in [6, 6.07) is 12.3. The molecule has 0 aliphatic rings. The zero-order valence-corrected chi connectivity index (χ0v) is 9.72.